The minimum Gasteiger partial charge on any atom is -0.347 e. The normalized spacial score (nSPS) is 10.4. The van der Waals surface area contributed by atoms with E-state index in [-0.39, 0.29) is 24.9 Å². The fourth-order valence-corrected chi connectivity index (χ4v) is 1.85. The fourth-order valence-electron chi connectivity index (χ4n) is 1.64. The highest BCUT2D eigenvalue weighted by Gasteiger charge is 2.10. The molecule has 0 aliphatic rings. The summed E-state index contributed by atoms with van der Waals surface area (Å²) in [4.78, 5) is 26.3. The molecule has 0 atom stereocenters. The van der Waals surface area contributed by atoms with Crippen molar-refractivity contribution in [1.29, 1.82) is 0 Å². The van der Waals surface area contributed by atoms with E-state index >= 15 is 0 Å². The molecule has 110 valence electrons. The van der Waals surface area contributed by atoms with E-state index in [1.807, 2.05) is 36.2 Å². The van der Waals surface area contributed by atoms with E-state index in [4.69, 9.17) is 11.6 Å². The Morgan fingerprint density at radius 2 is 1.95 bits per heavy atom. The summed E-state index contributed by atoms with van der Waals surface area (Å²) in [6, 6.07) is 7.51. The molecule has 0 aliphatic carbocycles. The van der Waals surface area contributed by atoms with Gasteiger partial charge in [0.05, 0.1) is 13.1 Å². The highest BCUT2D eigenvalue weighted by Crippen LogP contribution is 2.11. The van der Waals surface area contributed by atoms with Crippen molar-refractivity contribution in [3.8, 4) is 0 Å². The predicted molar refractivity (Wildman–Crippen MR) is 79.5 cm³/mol. The Bertz CT molecular complexity index is 477. The summed E-state index contributed by atoms with van der Waals surface area (Å²) in [7, 11) is 5.15. The molecule has 0 unspecified atom stereocenters. The third-order valence-electron chi connectivity index (χ3n) is 2.69. The van der Waals surface area contributed by atoms with Gasteiger partial charge in [-0.2, -0.15) is 0 Å². The number of nitrogens with one attached hydrogen (secondary N) is 1. The van der Waals surface area contributed by atoms with Gasteiger partial charge in [-0.15, -0.1) is 0 Å². The van der Waals surface area contributed by atoms with Crippen molar-refractivity contribution in [2.75, 3.05) is 34.2 Å². The Kier molecular flexibility index (Phi) is 6.48. The standard InChI is InChI=1S/C14H20ClN3O2/c1-17(2)14(20)8-16-13(19)10-18(3)9-11-5-4-6-12(15)7-11/h4-7H,8-10H2,1-3H3,(H,16,19). The Labute approximate surface area is 124 Å². The van der Waals surface area contributed by atoms with E-state index in [1.165, 1.54) is 4.90 Å². The first-order valence-corrected chi connectivity index (χ1v) is 6.66. The zero-order valence-electron chi connectivity index (χ0n) is 12.0. The second-order valence-corrected chi connectivity index (χ2v) is 5.30. The Balaban J connectivity index is 2.36. The highest BCUT2D eigenvalue weighted by molar-refractivity contribution is 6.30. The van der Waals surface area contributed by atoms with Crippen LogP contribution in [0.1, 0.15) is 5.56 Å². The van der Waals surface area contributed by atoms with Crippen LogP contribution < -0.4 is 5.32 Å². The number of hydrogen-bond donors (Lipinski definition) is 1. The molecule has 0 bridgehead atoms. The molecular weight excluding hydrogens is 278 g/mol. The molecular formula is C14H20ClN3O2. The van der Waals surface area contributed by atoms with Gasteiger partial charge in [0.2, 0.25) is 11.8 Å². The summed E-state index contributed by atoms with van der Waals surface area (Å²) in [5.74, 6) is -0.305. The van der Waals surface area contributed by atoms with E-state index in [2.05, 4.69) is 5.32 Å². The van der Waals surface area contributed by atoms with Gasteiger partial charge in [-0.25, -0.2) is 0 Å². The van der Waals surface area contributed by atoms with Crippen LogP contribution in [0.5, 0.6) is 0 Å². The average Bonchev–Trinajstić information content (AvgIpc) is 2.35. The molecule has 0 saturated heterocycles. The maximum atomic E-state index is 11.7. The molecule has 5 nitrogen and oxygen atoms in total. The van der Waals surface area contributed by atoms with Crippen LogP contribution in [0.15, 0.2) is 24.3 Å². The van der Waals surface area contributed by atoms with Crippen molar-refractivity contribution in [2.24, 2.45) is 0 Å². The first-order chi connectivity index (χ1) is 9.38. The van der Waals surface area contributed by atoms with Crippen LogP contribution in [0.3, 0.4) is 0 Å². The van der Waals surface area contributed by atoms with E-state index in [1.54, 1.807) is 14.1 Å². The van der Waals surface area contributed by atoms with Crippen LogP contribution in [-0.4, -0.2) is 55.8 Å². The molecule has 0 heterocycles. The van der Waals surface area contributed by atoms with Crippen molar-refractivity contribution < 1.29 is 9.59 Å². The predicted octanol–water partition coefficient (Wildman–Crippen LogP) is 0.976. The van der Waals surface area contributed by atoms with E-state index in [0.717, 1.165) is 5.56 Å². The quantitative estimate of drug-likeness (QED) is 0.851. The summed E-state index contributed by atoms with van der Waals surface area (Å²) < 4.78 is 0. The number of nitrogens with zero attached hydrogens (tertiary/aromatic N) is 2. The second kappa shape index (κ2) is 7.87. The van der Waals surface area contributed by atoms with Crippen molar-refractivity contribution in [1.82, 2.24) is 15.1 Å². The minimum absolute atomic E-state index is 0.0246. The molecule has 1 aromatic carbocycles. The third kappa shape index (κ3) is 6.04. The van der Waals surface area contributed by atoms with Crippen molar-refractivity contribution in [2.45, 2.75) is 6.54 Å². The molecule has 1 N–H and O–H groups in total. The topological polar surface area (TPSA) is 52.7 Å². The van der Waals surface area contributed by atoms with Gasteiger partial charge in [0.15, 0.2) is 0 Å². The van der Waals surface area contributed by atoms with E-state index in [9.17, 15) is 9.59 Å². The molecule has 0 aromatic heterocycles. The maximum Gasteiger partial charge on any atom is 0.241 e. The number of rotatable bonds is 6. The van der Waals surface area contributed by atoms with Gasteiger partial charge in [-0.1, -0.05) is 23.7 Å². The largest absolute Gasteiger partial charge is 0.347 e. The number of carbonyl (C=O) groups is 2. The molecule has 20 heavy (non-hydrogen) atoms. The number of benzene rings is 1. The molecule has 2 amide bonds. The van der Waals surface area contributed by atoms with Crippen LogP contribution in [0, 0.1) is 0 Å². The van der Waals surface area contributed by atoms with Crippen molar-refractivity contribution in [3.63, 3.8) is 0 Å². The number of carbonyl (C=O) groups excluding carboxylic acids is 2. The average molecular weight is 298 g/mol. The van der Waals surface area contributed by atoms with Gasteiger partial charge in [-0.3, -0.25) is 14.5 Å². The summed E-state index contributed by atoms with van der Waals surface area (Å²) >= 11 is 5.91. The monoisotopic (exact) mass is 297 g/mol. The van der Waals surface area contributed by atoms with Crippen LogP contribution >= 0.6 is 11.6 Å². The molecule has 6 heteroatoms. The van der Waals surface area contributed by atoms with E-state index in [0.29, 0.717) is 11.6 Å². The van der Waals surface area contributed by atoms with Gasteiger partial charge < -0.3 is 10.2 Å². The Morgan fingerprint density at radius 1 is 1.25 bits per heavy atom. The van der Waals surface area contributed by atoms with Crippen LogP contribution in [-0.2, 0) is 16.1 Å². The van der Waals surface area contributed by atoms with Gasteiger partial charge in [0.25, 0.3) is 0 Å². The van der Waals surface area contributed by atoms with Crippen LogP contribution in [0.4, 0.5) is 0 Å². The lowest BCUT2D eigenvalue weighted by Gasteiger charge is -2.17. The van der Waals surface area contributed by atoms with E-state index < -0.39 is 0 Å². The van der Waals surface area contributed by atoms with Crippen LogP contribution in [0.2, 0.25) is 5.02 Å². The number of hydrogen-bond acceptors (Lipinski definition) is 3. The smallest absolute Gasteiger partial charge is 0.241 e. The van der Waals surface area contributed by atoms with Gasteiger partial charge in [-0.05, 0) is 24.7 Å². The minimum atomic E-state index is -0.176. The molecule has 1 rings (SSSR count). The molecule has 0 aliphatic heterocycles. The molecule has 0 radical (unpaired) electrons. The first-order valence-electron chi connectivity index (χ1n) is 6.28. The molecule has 0 saturated carbocycles. The lowest BCUT2D eigenvalue weighted by atomic mass is 10.2. The maximum absolute atomic E-state index is 11.7. The summed E-state index contributed by atoms with van der Waals surface area (Å²) in [5, 5.41) is 3.27. The summed E-state index contributed by atoms with van der Waals surface area (Å²) in [5.41, 5.74) is 1.04. The Hall–Kier alpha value is -1.59. The van der Waals surface area contributed by atoms with Crippen molar-refractivity contribution >= 4 is 23.4 Å². The summed E-state index contributed by atoms with van der Waals surface area (Å²) in [6.45, 7) is 0.875. The number of halogens is 1. The Morgan fingerprint density at radius 3 is 2.55 bits per heavy atom. The number of likely N-dealkylation sites (N-methyl/N-ethyl adjacent to an activating group) is 2. The van der Waals surface area contributed by atoms with Gasteiger partial charge >= 0.3 is 0 Å². The number of amides is 2. The summed E-state index contributed by atoms with van der Waals surface area (Å²) in [6.07, 6.45) is 0. The van der Waals surface area contributed by atoms with Gasteiger partial charge in [0.1, 0.15) is 0 Å². The lowest BCUT2D eigenvalue weighted by Crippen LogP contribution is -2.40. The van der Waals surface area contributed by atoms with Gasteiger partial charge in [0, 0.05) is 25.7 Å². The highest BCUT2D eigenvalue weighted by atomic mass is 35.5. The lowest BCUT2D eigenvalue weighted by molar-refractivity contribution is -0.131. The zero-order chi connectivity index (χ0) is 15.1. The zero-order valence-corrected chi connectivity index (χ0v) is 12.8. The van der Waals surface area contributed by atoms with Crippen molar-refractivity contribution in [3.05, 3.63) is 34.9 Å². The first kappa shape index (κ1) is 16.5. The SMILES string of the molecule is CN(CC(=O)NCC(=O)N(C)C)Cc1cccc(Cl)c1. The molecule has 0 spiro atoms. The molecule has 0 fully saturated rings. The second-order valence-electron chi connectivity index (χ2n) is 4.87. The third-order valence-corrected chi connectivity index (χ3v) is 2.93. The van der Waals surface area contributed by atoms with Crippen LogP contribution in [0.25, 0.3) is 0 Å². The fraction of sp³-hybridized carbons (Fsp3) is 0.429. The molecule has 1 aromatic rings.